The van der Waals surface area contributed by atoms with Crippen LogP contribution in [0.3, 0.4) is 0 Å². The Hall–Kier alpha value is -0.620. The highest BCUT2D eigenvalue weighted by Crippen LogP contribution is 2.23. The molecule has 0 aliphatic carbocycles. The molecule has 0 spiro atoms. The van der Waals surface area contributed by atoms with Crippen molar-refractivity contribution in [1.29, 1.82) is 0 Å². The van der Waals surface area contributed by atoms with Crippen LogP contribution in [0.4, 0.5) is 5.82 Å². The van der Waals surface area contributed by atoms with Crippen LogP contribution in [0.25, 0.3) is 0 Å². The van der Waals surface area contributed by atoms with Gasteiger partial charge in [0.15, 0.2) is 0 Å². The van der Waals surface area contributed by atoms with Crippen molar-refractivity contribution in [2.75, 3.05) is 30.5 Å². The second-order valence-electron chi connectivity index (χ2n) is 3.87. The first-order chi connectivity index (χ1) is 7.29. The number of aromatic nitrogens is 1. The quantitative estimate of drug-likeness (QED) is 0.848. The number of aryl methyl sites for hydroxylation is 1. The molecule has 0 aromatic carbocycles. The Balaban J connectivity index is 2.77. The monoisotopic (exact) mass is 306 g/mol. The third-order valence-corrected chi connectivity index (χ3v) is 3.63. The van der Waals surface area contributed by atoms with Crippen molar-refractivity contribution in [1.82, 2.24) is 4.98 Å². The summed E-state index contributed by atoms with van der Waals surface area (Å²) in [5.74, 6) is 0.889. The number of hydrogen-bond acceptors (Lipinski definition) is 4. The highest BCUT2D eigenvalue weighted by molar-refractivity contribution is 9.10. The van der Waals surface area contributed by atoms with E-state index in [0.29, 0.717) is 6.54 Å². The first kappa shape index (κ1) is 13.4. The summed E-state index contributed by atoms with van der Waals surface area (Å²) in [5.41, 5.74) is 1.06. The molecule has 0 bridgehead atoms. The molecule has 6 heteroatoms. The fourth-order valence-electron chi connectivity index (χ4n) is 1.22. The van der Waals surface area contributed by atoms with E-state index >= 15 is 0 Å². The number of rotatable bonds is 4. The summed E-state index contributed by atoms with van der Waals surface area (Å²) in [6.45, 7) is 2.39. The van der Waals surface area contributed by atoms with Gasteiger partial charge in [0.25, 0.3) is 0 Å². The minimum absolute atomic E-state index is 0.130. The summed E-state index contributed by atoms with van der Waals surface area (Å²) in [6, 6.07) is 1.96. The van der Waals surface area contributed by atoms with Crippen LogP contribution in [0, 0.1) is 6.92 Å². The zero-order chi connectivity index (χ0) is 12.3. The van der Waals surface area contributed by atoms with Crippen LogP contribution >= 0.6 is 15.9 Å². The van der Waals surface area contributed by atoms with Crippen LogP contribution in [-0.4, -0.2) is 39.0 Å². The van der Waals surface area contributed by atoms with Crippen LogP contribution in [0.5, 0.6) is 0 Å². The molecule has 0 atom stereocenters. The van der Waals surface area contributed by atoms with Gasteiger partial charge in [0.1, 0.15) is 15.7 Å². The molecule has 0 saturated carbocycles. The topological polar surface area (TPSA) is 50.3 Å². The zero-order valence-corrected chi connectivity index (χ0v) is 12.0. The summed E-state index contributed by atoms with van der Waals surface area (Å²) in [5, 5.41) is 0. The standard InChI is InChI=1S/C10H15BrN2O2S/c1-8-6-9(11)10(12-7-8)13(2)4-5-16(3,14)15/h6-7H,4-5H2,1-3H3. The lowest BCUT2D eigenvalue weighted by atomic mass is 10.3. The Bertz CT molecular complexity index is 474. The van der Waals surface area contributed by atoms with Crippen molar-refractivity contribution in [3.05, 3.63) is 22.3 Å². The maximum absolute atomic E-state index is 11.0. The third-order valence-electron chi connectivity index (χ3n) is 2.12. The van der Waals surface area contributed by atoms with Gasteiger partial charge in [-0.3, -0.25) is 0 Å². The van der Waals surface area contributed by atoms with E-state index in [0.717, 1.165) is 15.9 Å². The van der Waals surface area contributed by atoms with E-state index in [9.17, 15) is 8.42 Å². The van der Waals surface area contributed by atoms with Crippen molar-refractivity contribution in [3.63, 3.8) is 0 Å². The molecule has 0 amide bonds. The summed E-state index contributed by atoms with van der Waals surface area (Å²) < 4.78 is 23.0. The SMILES string of the molecule is Cc1cnc(N(C)CCS(C)(=O)=O)c(Br)c1. The second-order valence-corrected chi connectivity index (χ2v) is 6.98. The van der Waals surface area contributed by atoms with Crippen LogP contribution < -0.4 is 4.90 Å². The van der Waals surface area contributed by atoms with Gasteiger partial charge >= 0.3 is 0 Å². The normalized spacial score (nSPS) is 11.5. The first-order valence-corrected chi connectivity index (χ1v) is 7.66. The summed E-state index contributed by atoms with van der Waals surface area (Å²) in [4.78, 5) is 6.09. The highest BCUT2D eigenvalue weighted by atomic mass is 79.9. The van der Waals surface area contributed by atoms with Crippen LogP contribution in [0.1, 0.15) is 5.56 Å². The van der Waals surface area contributed by atoms with Crippen LogP contribution in [-0.2, 0) is 9.84 Å². The molecule has 1 rings (SSSR count). The second kappa shape index (κ2) is 5.14. The molecule has 1 heterocycles. The molecular formula is C10H15BrN2O2S. The van der Waals surface area contributed by atoms with Gasteiger partial charge in [0.05, 0.1) is 10.2 Å². The van der Waals surface area contributed by atoms with Crippen molar-refractivity contribution >= 4 is 31.6 Å². The van der Waals surface area contributed by atoms with Gasteiger partial charge in [-0.25, -0.2) is 13.4 Å². The Morgan fingerprint density at radius 3 is 2.62 bits per heavy atom. The summed E-state index contributed by atoms with van der Waals surface area (Å²) in [7, 11) is -1.11. The molecule has 90 valence electrons. The van der Waals surface area contributed by atoms with Gasteiger partial charge in [-0.2, -0.15) is 0 Å². The molecule has 4 nitrogen and oxygen atoms in total. The number of anilines is 1. The number of nitrogens with zero attached hydrogens (tertiary/aromatic N) is 2. The van der Waals surface area contributed by atoms with E-state index in [1.54, 1.807) is 6.20 Å². The number of halogens is 1. The molecule has 0 saturated heterocycles. The average Bonchev–Trinajstić information content (AvgIpc) is 2.13. The predicted octanol–water partition coefficient (Wildman–Crippen LogP) is 1.63. The van der Waals surface area contributed by atoms with E-state index in [-0.39, 0.29) is 5.75 Å². The van der Waals surface area contributed by atoms with E-state index in [2.05, 4.69) is 20.9 Å². The van der Waals surface area contributed by atoms with Crippen molar-refractivity contribution in [2.45, 2.75) is 6.92 Å². The fourth-order valence-corrected chi connectivity index (χ4v) is 2.59. The van der Waals surface area contributed by atoms with Gasteiger partial charge < -0.3 is 4.90 Å². The highest BCUT2D eigenvalue weighted by Gasteiger charge is 2.10. The minimum Gasteiger partial charge on any atom is -0.358 e. The smallest absolute Gasteiger partial charge is 0.149 e. The molecule has 0 N–H and O–H groups in total. The average molecular weight is 307 g/mol. The number of hydrogen-bond donors (Lipinski definition) is 0. The third kappa shape index (κ3) is 4.09. The minimum atomic E-state index is -2.93. The Labute approximate surface area is 105 Å². The Morgan fingerprint density at radius 1 is 1.50 bits per heavy atom. The number of pyridine rings is 1. The molecule has 0 unspecified atom stereocenters. The van der Waals surface area contributed by atoms with Gasteiger partial charge in [-0.1, -0.05) is 0 Å². The van der Waals surface area contributed by atoms with Gasteiger partial charge in [0, 0.05) is 26.0 Å². The van der Waals surface area contributed by atoms with E-state index < -0.39 is 9.84 Å². The van der Waals surface area contributed by atoms with Crippen molar-refractivity contribution < 1.29 is 8.42 Å². The Morgan fingerprint density at radius 2 is 2.12 bits per heavy atom. The lowest BCUT2D eigenvalue weighted by molar-refractivity contribution is 0.601. The van der Waals surface area contributed by atoms with Crippen molar-refractivity contribution in [3.8, 4) is 0 Å². The molecule has 16 heavy (non-hydrogen) atoms. The molecule has 0 aliphatic rings. The molecule has 0 aliphatic heterocycles. The maximum atomic E-state index is 11.0. The first-order valence-electron chi connectivity index (χ1n) is 4.80. The summed E-state index contributed by atoms with van der Waals surface area (Å²) in [6.07, 6.45) is 3.00. The lowest BCUT2D eigenvalue weighted by Crippen LogP contribution is -2.25. The van der Waals surface area contributed by atoms with Crippen molar-refractivity contribution in [2.24, 2.45) is 0 Å². The Kier molecular flexibility index (Phi) is 4.32. The molecule has 1 aromatic heterocycles. The van der Waals surface area contributed by atoms with Crippen LogP contribution in [0.15, 0.2) is 16.7 Å². The van der Waals surface area contributed by atoms with E-state index in [1.807, 2.05) is 24.9 Å². The van der Waals surface area contributed by atoms with Gasteiger partial charge in [-0.05, 0) is 34.5 Å². The van der Waals surface area contributed by atoms with E-state index in [4.69, 9.17) is 0 Å². The molecule has 1 aromatic rings. The predicted molar refractivity (Wildman–Crippen MR) is 69.7 cm³/mol. The fraction of sp³-hybridized carbons (Fsp3) is 0.500. The van der Waals surface area contributed by atoms with Gasteiger partial charge in [0.2, 0.25) is 0 Å². The molecule has 0 radical (unpaired) electrons. The van der Waals surface area contributed by atoms with E-state index in [1.165, 1.54) is 6.26 Å². The zero-order valence-electron chi connectivity index (χ0n) is 9.57. The maximum Gasteiger partial charge on any atom is 0.149 e. The largest absolute Gasteiger partial charge is 0.358 e. The molecule has 0 fully saturated rings. The number of sulfone groups is 1. The van der Waals surface area contributed by atoms with Gasteiger partial charge in [-0.15, -0.1) is 0 Å². The molecular weight excluding hydrogens is 292 g/mol. The van der Waals surface area contributed by atoms with Crippen LogP contribution in [0.2, 0.25) is 0 Å². The summed E-state index contributed by atoms with van der Waals surface area (Å²) >= 11 is 3.41. The lowest BCUT2D eigenvalue weighted by Gasteiger charge is -2.19.